The van der Waals surface area contributed by atoms with Crippen LogP contribution < -0.4 is 10.6 Å². The molecular formula is C14H18N2O4. The number of benzene rings is 1. The predicted octanol–water partition coefficient (Wildman–Crippen LogP) is 0.802. The average molecular weight is 278 g/mol. The smallest absolute Gasteiger partial charge is 0.328 e. The molecule has 2 rings (SSSR count). The van der Waals surface area contributed by atoms with Crippen molar-refractivity contribution in [3.05, 3.63) is 29.8 Å². The molecule has 3 N–H and O–H groups in total. The number of hydrogen-bond acceptors (Lipinski definition) is 4. The van der Waals surface area contributed by atoms with Gasteiger partial charge in [0.15, 0.2) is 6.04 Å². The van der Waals surface area contributed by atoms with Crippen molar-refractivity contribution in [3.8, 4) is 0 Å². The van der Waals surface area contributed by atoms with Crippen LogP contribution in [0.1, 0.15) is 17.9 Å². The van der Waals surface area contributed by atoms with E-state index < -0.39 is 12.0 Å². The van der Waals surface area contributed by atoms with Gasteiger partial charge in [-0.25, -0.2) is 4.79 Å². The molecule has 0 radical (unpaired) electrons. The van der Waals surface area contributed by atoms with Crippen molar-refractivity contribution in [2.75, 3.05) is 25.6 Å². The van der Waals surface area contributed by atoms with Crippen LogP contribution in [0, 0.1) is 0 Å². The van der Waals surface area contributed by atoms with Crippen molar-refractivity contribution < 1.29 is 19.4 Å². The second-order valence-electron chi connectivity index (χ2n) is 4.78. The number of anilines is 1. The molecule has 20 heavy (non-hydrogen) atoms. The normalized spacial score (nSPS) is 17.9. The highest BCUT2D eigenvalue weighted by molar-refractivity contribution is 5.84. The summed E-state index contributed by atoms with van der Waals surface area (Å²) in [7, 11) is 1.40. The van der Waals surface area contributed by atoms with Crippen LogP contribution in [-0.4, -0.2) is 43.3 Å². The maximum atomic E-state index is 11.9. The third-order valence-corrected chi connectivity index (χ3v) is 3.34. The van der Waals surface area contributed by atoms with Gasteiger partial charge in [0.1, 0.15) is 0 Å². The predicted molar refractivity (Wildman–Crippen MR) is 73.7 cm³/mol. The number of carbonyl (C=O) groups is 2. The summed E-state index contributed by atoms with van der Waals surface area (Å²) in [5.41, 5.74) is 2.14. The highest BCUT2D eigenvalue weighted by Crippen LogP contribution is 2.32. The van der Waals surface area contributed by atoms with Crippen LogP contribution in [-0.2, 0) is 14.3 Å². The summed E-state index contributed by atoms with van der Waals surface area (Å²) >= 11 is 0. The number of hydrogen-bond donors (Lipinski definition) is 3. The van der Waals surface area contributed by atoms with Crippen molar-refractivity contribution in [1.29, 1.82) is 0 Å². The van der Waals surface area contributed by atoms with Crippen LogP contribution in [0.3, 0.4) is 0 Å². The van der Waals surface area contributed by atoms with Gasteiger partial charge in [-0.15, -0.1) is 0 Å². The minimum atomic E-state index is -1.09. The maximum absolute atomic E-state index is 11.9. The van der Waals surface area contributed by atoms with E-state index in [1.807, 2.05) is 24.3 Å². The lowest BCUT2D eigenvalue weighted by atomic mass is 9.97. The lowest BCUT2D eigenvalue weighted by Crippen LogP contribution is -2.44. The number of carboxylic acids is 1. The number of methoxy groups -OCH3 is 1. The molecule has 2 atom stereocenters. The number of para-hydroxylation sites is 1. The first kappa shape index (κ1) is 14.3. The Hall–Kier alpha value is -2.08. The van der Waals surface area contributed by atoms with Crippen LogP contribution in [0.5, 0.6) is 0 Å². The van der Waals surface area contributed by atoms with Gasteiger partial charge in [0.25, 0.3) is 0 Å². The Morgan fingerprint density at radius 2 is 2.25 bits per heavy atom. The van der Waals surface area contributed by atoms with Crippen molar-refractivity contribution in [2.24, 2.45) is 0 Å². The second-order valence-corrected chi connectivity index (χ2v) is 4.78. The van der Waals surface area contributed by atoms with Crippen LogP contribution in [0.15, 0.2) is 24.3 Å². The van der Waals surface area contributed by atoms with Gasteiger partial charge in [-0.3, -0.25) is 4.79 Å². The van der Waals surface area contributed by atoms with E-state index in [0.29, 0.717) is 6.54 Å². The number of amides is 1. The van der Waals surface area contributed by atoms with Gasteiger partial charge in [-0.1, -0.05) is 18.2 Å². The molecule has 0 bridgehead atoms. The molecule has 108 valence electrons. The molecule has 0 fully saturated rings. The van der Waals surface area contributed by atoms with Crippen LogP contribution in [0.25, 0.3) is 0 Å². The molecular weight excluding hydrogens is 260 g/mol. The number of fused-ring (bicyclic) bond motifs is 1. The van der Waals surface area contributed by atoms with Crippen molar-refractivity contribution in [2.45, 2.75) is 18.4 Å². The Morgan fingerprint density at radius 1 is 1.50 bits per heavy atom. The van der Waals surface area contributed by atoms with Gasteiger partial charge in [0, 0.05) is 31.7 Å². The van der Waals surface area contributed by atoms with Gasteiger partial charge in [-0.2, -0.15) is 0 Å². The van der Waals surface area contributed by atoms with E-state index >= 15 is 0 Å². The van der Waals surface area contributed by atoms with Gasteiger partial charge >= 0.3 is 5.97 Å². The number of rotatable bonds is 6. The quantitative estimate of drug-likeness (QED) is 0.716. The first-order chi connectivity index (χ1) is 9.61. The van der Waals surface area contributed by atoms with Gasteiger partial charge in [-0.05, 0) is 11.6 Å². The third kappa shape index (κ3) is 3.27. The summed E-state index contributed by atoms with van der Waals surface area (Å²) in [5.74, 6) is -1.30. The Kier molecular flexibility index (Phi) is 4.57. The Labute approximate surface area is 117 Å². The number of carbonyl (C=O) groups excluding carboxylic acids is 1. The van der Waals surface area contributed by atoms with Crippen molar-refractivity contribution >= 4 is 17.6 Å². The molecule has 1 aromatic carbocycles. The Morgan fingerprint density at radius 3 is 2.95 bits per heavy atom. The molecule has 0 aromatic heterocycles. The zero-order valence-electron chi connectivity index (χ0n) is 11.3. The maximum Gasteiger partial charge on any atom is 0.328 e. The summed E-state index contributed by atoms with van der Waals surface area (Å²) in [6, 6.07) is 6.82. The number of carboxylic acid groups (broad SMARTS) is 1. The number of aliphatic carboxylic acids is 1. The molecule has 6 nitrogen and oxygen atoms in total. The molecule has 0 saturated heterocycles. The number of nitrogens with one attached hydrogen (secondary N) is 2. The SMILES string of the molecule is COCC(NC(=O)CC1CNc2ccccc21)C(=O)O. The van der Waals surface area contributed by atoms with E-state index in [2.05, 4.69) is 10.6 Å². The van der Waals surface area contributed by atoms with Crippen LogP contribution in [0.4, 0.5) is 5.69 Å². The zero-order chi connectivity index (χ0) is 14.5. The van der Waals surface area contributed by atoms with Gasteiger partial charge < -0.3 is 20.5 Å². The van der Waals surface area contributed by atoms with E-state index in [0.717, 1.165) is 11.3 Å². The summed E-state index contributed by atoms with van der Waals surface area (Å²) in [5, 5.41) is 14.7. The fourth-order valence-corrected chi connectivity index (χ4v) is 2.36. The second kappa shape index (κ2) is 6.38. The van der Waals surface area contributed by atoms with E-state index in [1.54, 1.807) is 0 Å². The first-order valence-corrected chi connectivity index (χ1v) is 6.45. The lowest BCUT2D eigenvalue weighted by molar-refractivity contribution is -0.143. The standard InChI is InChI=1S/C14H18N2O4/c1-20-8-12(14(18)19)16-13(17)6-9-7-15-11-5-3-2-4-10(9)11/h2-5,9,12,15H,6-8H2,1H3,(H,16,17)(H,18,19). The van der Waals surface area contributed by atoms with Gasteiger partial charge in [0.05, 0.1) is 6.61 Å². The first-order valence-electron chi connectivity index (χ1n) is 6.45. The molecule has 1 aliphatic rings. The molecule has 6 heteroatoms. The molecule has 0 saturated carbocycles. The Bertz CT molecular complexity index is 504. The third-order valence-electron chi connectivity index (χ3n) is 3.34. The van der Waals surface area contributed by atoms with E-state index in [-0.39, 0.29) is 24.9 Å². The highest BCUT2D eigenvalue weighted by Gasteiger charge is 2.26. The number of ether oxygens (including phenoxy) is 1. The monoisotopic (exact) mass is 278 g/mol. The summed E-state index contributed by atoms with van der Waals surface area (Å²) < 4.78 is 4.78. The summed E-state index contributed by atoms with van der Waals surface area (Å²) in [6.07, 6.45) is 0.261. The molecule has 2 unspecified atom stereocenters. The lowest BCUT2D eigenvalue weighted by Gasteiger charge is -2.15. The average Bonchev–Trinajstić information content (AvgIpc) is 2.81. The minimum Gasteiger partial charge on any atom is -0.480 e. The molecule has 0 aliphatic carbocycles. The fraction of sp³-hybridized carbons (Fsp3) is 0.429. The zero-order valence-corrected chi connectivity index (χ0v) is 11.3. The van der Waals surface area contributed by atoms with E-state index in [9.17, 15) is 9.59 Å². The highest BCUT2D eigenvalue weighted by atomic mass is 16.5. The largest absolute Gasteiger partial charge is 0.480 e. The van der Waals surface area contributed by atoms with E-state index in [4.69, 9.17) is 9.84 Å². The van der Waals surface area contributed by atoms with E-state index in [1.165, 1.54) is 7.11 Å². The van der Waals surface area contributed by atoms with Crippen molar-refractivity contribution in [1.82, 2.24) is 5.32 Å². The molecule has 1 aromatic rings. The van der Waals surface area contributed by atoms with Crippen molar-refractivity contribution in [3.63, 3.8) is 0 Å². The Balaban J connectivity index is 1.94. The van der Waals surface area contributed by atoms with Crippen LogP contribution >= 0.6 is 0 Å². The molecule has 1 amide bonds. The summed E-state index contributed by atoms with van der Waals surface area (Å²) in [4.78, 5) is 22.9. The summed E-state index contributed by atoms with van der Waals surface area (Å²) in [6.45, 7) is 0.648. The van der Waals surface area contributed by atoms with Gasteiger partial charge in [0.2, 0.25) is 5.91 Å². The molecule has 0 spiro atoms. The fourth-order valence-electron chi connectivity index (χ4n) is 2.36. The van der Waals surface area contributed by atoms with Crippen LogP contribution in [0.2, 0.25) is 0 Å². The molecule has 1 heterocycles. The minimum absolute atomic E-state index is 0.0411. The molecule has 1 aliphatic heterocycles. The topological polar surface area (TPSA) is 87.7 Å².